The van der Waals surface area contributed by atoms with Crippen molar-refractivity contribution in [2.75, 3.05) is 64.0 Å². The first kappa shape index (κ1) is 30.1. The number of hydrogen-bond acceptors (Lipinski definition) is 11. The lowest BCUT2D eigenvalue weighted by molar-refractivity contribution is -0.140. The third-order valence-corrected chi connectivity index (χ3v) is 8.12. The Kier molecular flexibility index (Phi) is 10.7. The molecular formula is C27H35N5O6S2. The van der Waals surface area contributed by atoms with Crippen molar-refractivity contribution in [1.29, 1.82) is 0 Å². The van der Waals surface area contributed by atoms with Gasteiger partial charge in [0.25, 0.3) is 11.5 Å². The average Bonchev–Trinajstić information content (AvgIpc) is 3.55. The van der Waals surface area contributed by atoms with Crippen molar-refractivity contribution in [3.8, 4) is 0 Å². The van der Waals surface area contributed by atoms with Crippen LogP contribution in [-0.4, -0.2) is 106 Å². The van der Waals surface area contributed by atoms with Crippen molar-refractivity contribution < 1.29 is 24.2 Å². The number of ether oxygens (including phenoxy) is 2. The summed E-state index contributed by atoms with van der Waals surface area (Å²) in [7, 11) is 0. The Morgan fingerprint density at radius 2 is 2.05 bits per heavy atom. The second-order valence-corrected chi connectivity index (χ2v) is 11.2. The van der Waals surface area contributed by atoms with Crippen molar-refractivity contribution in [3.63, 3.8) is 0 Å². The normalized spacial score (nSPS) is 20.8. The molecule has 1 N–H and O–H groups in total. The molecule has 216 valence electrons. The number of aliphatic hydroxyl groups is 1. The zero-order valence-electron chi connectivity index (χ0n) is 22.8. The first-order chi connectivity index (χ1) is 19.3. The van der Waals surface area contributed by atoms with Gasteiger partial charge in [0.2, 0.25) is 0 Å². The van der Waals surface area contributed by atoms with E-state index in [1.807, 2.05) is 6.07 Å². The molecule has 0 aromatic carbocycles. The standard InChI is InChI=1S/C23H27N5O4S2.C4H8O2/c29-12-11-25-7-9-26(10-8-25)20-17(21(30)27-6-2-1-5-19(27)24-20)14-18-22(31)28(23(33)34-18)15-16-4-3-13-32-16;1-3-6-4(2)5/h1-2,5-6,14,16,29H,3-4,7-13,15H2;3H2,1-2H3/b18-14-;. The van der Waals surface area contributed by atoms with Gasteiger partial charge in [-0.05, 0) is 38.0 Å². The van der Waals surface area contributed by atoms with Gasteiger partial charge in [-0.2, -0.15) is 0 Å². The summed E-state index contributed by atoms with van der Waals surface area (Å²) < 4.78 is 12.1. The summed E-state index contributed by atoms with van der Waals surface area (Å²) in [6.45, 7) is 8.43. The number of carbonyl (C=O) groups is 2. The molecule has 0 spiro atoms. The van der Waals surface area contributed by atoms with Crippen LogP contribution in [0.15, 0.2) is 34.1 Å². The maximum absolute atomic E-state index is 13.5. The zero-order valence-corrected chi connectivity index (χ0v) is 24.4. The third-order valence-electron chi connectivity index (χ3n) is 6.74. The van der Waals surface area contributed by atoms with Crippen molar-refractivity contribution in [2.24, 2.45) is 0 Å². The van der Waals surface area contributed by atoms with Crippen LogP contribution in [-0.2, 0) is 19.1 Å². The van der Waals surface area contributed by atoms with Crippen molar-refractivity contribution in [3.05, 3.63) is 45.2 Å². The van der Waals surface area contributed by atoms with Crippen LogP contribution in [0, 0.1) is 0 Å². The fourth-order valence-electron chi connectivity index (χ4n) is 4.77. The number of rotatable bonds is 7. The summed E-state index contributed by atoms with van der Waals surface area (Å²) in [5, 5.41) is 9.24. The van der Waals surface area contributed by atoms with E-state index in [9.17, 15) is 19.5 Å². The second-order valence-electron chi connectivity index (χ2n) is 9.49. The van der Waals surface area contributed by atoms with Gasteiger partial charge in [-0.25, -0.2) is 4.98 Å². The molecule has 5 heterocycles. The van der Waals surface area contributed by atoms with E-state index in [0.717, 1.165) is 25.9 Å². The fraction of sp³-hybridized carbons (Fsp3) is 0.519. The summed E-state index contributed by atoms with van der Waals surface area (Å²) in [5.41, 5.74) is 0.725. The minimum Gasteiger partial charge on any atom is -0.466 e. The number of carbonyl (C=O) groups excluding carboxylic acids is 2. The largest absolute Gasteiger partial charge is 0.466 e. The number of pyridine rings is 1. The maximum atomic E-state index is 13.5. The number of hydrogen-bond donors (Lipinski definition) is 1. The van der Waals surface area contributed by atoms with E-state index in [-0.39, 0.29) is 30.1 Å². The van der Waals surface area contributed by atoms with Crippen molar-refractivity contribution >= 4 is 57.7 Å². The summed E-state index contributed by atoms with van der Waals surface area (Å²) in [6, 6.07) is 5.44. The number of aromatic nitrogens is 2. The van der Waals surface area contributed by atoms with Gasteiger partial charge >= 0.3 is 5.97 Å². The molecule has 3 fully saturated rings. The highest BCUT2D eigenvalue weighted by Crippen LogP contribution is 2.34. The van der Waals surface area contributed by atoms with Crippen LogP contribution < -0.4 is 10.5 Å². The first-order valence-electron chi connectivity index (χ1n) is 13.4. The number of aliphatic hydroxyl groups excluding tert-OH is 1. The molecule has 11 nitrogen and oxygen atoms in total. The molecule has 0 radical (unpaired) electrons. The lowest BCUT2D eigenvalue weighted by atomic mass is 10.2. The van der Waals surface area contributed by atoms with Crippen molar-refractivity contribution in [2.45, 2.75) is 32.8 Å². The van der Waals surface area contributed by atoms with Gasteiger partial charge in [-0.15, -0.1) is 0 Å². The topological polar surface area (TPSA) is 117 Å². The van der Waals surface area contributed by atoms with E-state index in [4.69, 9.17) is 21.9 Å². The van der Waals surface area contributed by atoms with E-state index >= 15 is 0 Å². The van der Waals surface area contributed by atoms with Gasteiger partial charge < -0.3 is 19.5 Å². The molecule has 3 saturated heterocycles. The number of nitrogens with zero attached hydrogens (tertiary/aromatic N) is 5. The highest BCUT2D eigenvalue weighted by Gasteiger charge is 2.35. The number of amides is 1. The van der Waals surface area contributed by atoms with E-state index in [1.165, 1.54) is 23.1 Å². The van der Waals surface area contributed by atoms with E-state index in [2.05, 4.69) is 14.5 Å². The minimum atomic E-state index is -0.220. The Morgan fingerprint density at radius 1 is 1.27 bits per heavy atom. The van der Waals surface area contributed by atoms with E-state index in [0.29, 0.717) is 65.6 Å². The van der Waals surface area contributed by atoms with Crippen LogP contribution in [0.1, 0.15) is 32.3 Å². The lowest BCUT2D eigenvalue weighted by Crippen LogP contribution is -2.48. The fourth-order valence-corrected chi connectivity index (χ4v) is 6.02. The Hall–Kier alpha value is -2.84. The molecule has 40 heavy (non-hydrogen) atoms. The highest BCUT2D eigenvalue weighted by molar-refractivity contribution is 8.26. The third kappa shape index (κ3) is 7.26. The Bertz CT molecular complexity index is 1320. The predicted molar refractivity (Wildman–Crippen MR) is 158 cm³/mol. The second kappa shape index (κ2) is 14.2. The van der Waals surface area contributed by atoms with Crippen LogP contribution in [0.2, 0.25) is 0 Å². The van der Waals surface area contributed by atoms with Gasteiger partial charge in [0.1, 0.15) is 15.8 Å². The number of thioether (sulfide) groups is 1. The molecule has 3 aliphatic heterocycles. The van der Waals surface area contributed by atoms with Gasteiger partial charge in [0.15, 0.2) is 0 Å². The van der Waals surface area contributed by atoms with Gasteiger partial charge in [-0.3, -0.25) is 28.6 Å². The molecule has 2 aromatic rings. The number of esters is 1. The number of β-amino-alcohol motifs (C(OH)–C–C–N with tert-alkyl or cyclic N) is 1. The zero-order chi connectivity index (χ0) is 28.6. The highest BCUT2D eigenvalue weighted by atomic mass is 32.2. The van der Waals surface area contributed by atoms with Crippen LogP contribution >= 0.6 is 24.0 Å². The average molecular weight is 590 g/mol. The number of piperazine rings is 1. The van der Waals surface area contributed by atoms with Crippen LogP contribution in [0.3, 0.4) is 0 Å². The van der Waals surface area contributed by atoms with Crippen LogP contribution in [0.4, 0.5) is 5.82 Å². The van der Waals surface area contributed by atoms with Gasteiger partial charge in [0, 0.05) is 52.5 Å². The smallest absolute Gasteiger partial charge is 0.302 e. The molecule has 13 heteroatoms. The summed E-state index contributed by atoms with van der Waals surface area (Å²) >= 11 is 6.71. The van der Waals surface area contributed by atoms with E-state index < -0.39 is 0 Å². The molecule has 1 unspecified atom stereocenters. The maximum Gasteiger partial charge on any atom is 0.302 e. The molecule has 3 aliphatic rings. The minimum absolute atomic E-state index is 0.000544. The predicted octanol–water partition coefficient (Wildman–Crippen LogP) is 1.76. The molecular weight excluding hydrogens is 554 g/mol. The van der Waals surface area contributed by atoms with Crippen LogP contribution in [0.25, 0.3) is 11.7 Å². The molecule has 0 aliphatic carbocycles. The summed E-state index contributed by atoms with van der Waals surface area (Å²) in [5.74, 6) is 0.170. The molecule has 5 rings (SSSR count). The number of anilines is 1. The summed E-state index contributed by atoms with van der Waals surface area (Å²) in [4.78, 5) is 47.6. The number of thiocarbonyl (C=S) groups is 1. The van der Waals surface area contributed by atoms with Crippen LogP contribution in [0.5, 0.6) is 0 Å². The Labute approximate surface area is 242 Å². The monoisotopic (exact) mass is 589 g/mol. The lowest BCUT2D eigenvalue weighted by Gasteiger charge is -2.35. The first-order valence-corrected chi connectivity index (χ1v) is 14.6. The summed E-state index contributed by atoms with van der Waals surface area (Å²) in [6.07, 6.45) is 5.25. The molecule has 1 amide bonds. The Balaban J connectivity index is 0.000000557. The molecule has 1 atom stereocenters. The number of fused-ring (bicyclic) bond motifs is 1. The molecule has 2 aromatic heterocycles. The molecule has 0 saturated carbocycles. The van der Waals surface area contributed by atoms with Gasteiger partial charge in [0.05, 0.1) is 36.3 Å². The van der Waals surface area contributed by atoms with Crippen molar-refractivity contribution in [1.82, 2.24) is 19.2 Å². The van der Waals surface area contributed by atoms with E-state index in [1.54, 1.807) is 36.2 Å². The van der Waals surface area contributed by atoms with Gasteiger partial charge in [-0.1, -0.05) is 30.0 Å². The quantitative estimate of drug-likeness (QED) is 0.289. The SMILES string of the molecule is CCOC(C)=O.O=C1/C(=C/c2c(N3CCN(CCO)CC3)nc3ccccn3c2=O)SC(=S)N1CC1CCCO1. The Morgan fingerprint density at radius 3 is 2.67 bits per heavy atom. The molecule has 0 bridgehead atoms.